The summed E-state index contributed by atoms with van der Waals surface area (Å²) >= 11 is 0.589. The SMILES string of the molecule is OCC(I)CC(F)(F)C(F)(F)C(F)(F)C(F)(F)C(F)(F)C(F)(F)C=CC(F)(F)C(F)(F)C(F)(F)C(F)(F)C(F)(F)C(F)(F)F. The summed E-state index contributed by atoms with van der Waals surface area (Å²) in [7, 11) is 0. The van der Waals surface area contributed by atoms with E-state index in [2.05, 4.69) is 0 Å². The Morgan fingerprint density at radius 1 is 0.409 bits per heavy atom. The zero-order valence-electron chi connectivity index (χ0n) is 19.4. The predicted molar refractivity (Wildman–Crippen MR) is 99.1 cm³/mol. The van der Waals surface area contributed by atoms with E-state index in [0.717, 1.165) is 0 Å². The van der Waals surface area contributed by atoms with E-state index < -0.39 is 100 Å². The van der Waals surface area contributed by atoms with Gasteiger partial charge in [-0.3, -0.25) is 0 Å². The molecule has 0 saturated carbocycles. The van der Waals surface area contributed by atoms with Crippen molar-refractivity contribution in [3.8, 4) is 0 Å². The molecule has 0 aliphatic heterocycles. The van der Waals surface area contributed by atoms with Crippen molar-refractivity contribution in [2.45, 2.75) is 81.7 Å². The first-order valence-corrected chi connectivity index (χ1v) is 11.1. The lowest BCUT2D eigenvalue weighted by atomic mass is 9.89. The molecule has 0 aromatic rings. The molecular formula is C17H8F25IO. The van der Waals surface area contributed by atoms with Gasteiger partial charge in [-0.15, -0.1) is 0 Å². The van der Waals surface area contributed by atoms with Gasteiger partial charge >= 0.3 is 71.3 Å². The minimum atomic E-state index is -8.72. The molecule has 44 heavy (non-hydrogen) atoms. The van der Waals surface area contributed by atoms with E-state index in [4.69, 9.17) is 5.11 Å². The Morgan fingerprint density at radius 3 is 0.909 bits per heavy atom. The highest BCUT2D eigenvalue weighted by Gasteiger charge is 2.92. The van der Waals surface area contributed by atoms with E-state index in [1.54, 1.807) is 0 Å². The van der Waals surface area contributed by atoms with E-state index in [-0.39, 0.29) is 0 Å². The van der Waals surface area contributed by atoms with Crippen LogP contribution in [0.5, 0.6) is 0 Å². The Morgan fingerprint density at radius 2 is 0.659 bits per heavy atom. The maximum atomic E-state index is 13.7. The number of halogens is 26. The Bertz CT molecular complexity index is 1040. The van der Waals surface area contributed by atoms with Crippen LogP contribution in [0.25, 0.3) is 0 Å². The van der Waals surface area contributed by atoms with Crippen molar-refractivity contribution in [3.05, 3.63) is 12.2 Å². The average molecular weight is 830 g/mol. The summed E-state index contributed by atoms with van der Waals surface area (Å²) in [6.45, 7) is -1.61. The van der Waals surface area contributed by atoms with Crippen LogP contribution in [0, 0.1) is 0 Å². The number of aliphatic hydroxyl groups excluding tert-OH is 1. The fourth-order valence-corrected chi connectivity index (χ4v) is 3.06. The zero-order chi connectivity index (χ0) is 36.4. The summed E-state index contributed by atoms with van der Waals surface area (Å²) in [4.78, 5) is 0. The number of hydrogen-bond donors (Lipinski definition) is 1. The van der Waals surface area contributed by atoms with Gasteiger partial charge < -0.3 is 5.11 Å². The van der Waals surface area contributed by atoms with Gasteiger partial charge in [-0.1, -0.05) is 22.6 Å². The summed E-state index contributed by atoms with van der Waals surface area (Å²) in [5.74, 6) is -89.6. The molecular weight excluding hydrogens is 822 g/mol. The fraction of sp³-hybridized carbons (Fsp3) is 0.882. The van der Waals surface area contributed by atoms with Crippen molar-refractivity contribution in [3.63, 3.8) is 0 Å². The highest BCUT2D eigenvalue weighted by atomic mass is 127. The van der Waals surface area contributed by atoms with Gasteiger partial charge in [0, 0.05) is 10.3 Å². The summed E-state index contributed by atoms with van der Waals surface area (Å²) in [5, 5.41) is 8.48. The standard InChI is InChI=1S/C17H8F25IO/c18-6(19,9(24,25)12(30,31)14(34,35)11(28,29)8(22,23)3-5(43)4-44)1-2-7(20,21)10(26,27)13(32,33)15(36,37)16(38,39)17(40,41)42/h1-2,5,44H,3-4H2. The van der Waals surface area contributed by atoms with E-state index >= 15 is 0 Å². The Balaban J connectivity index is 6.92. The zero-order valence-corrected chi connectivity index (χ0v) is 21.6. The summed E-state index contributed by atoms with van der Waals surface area (Å²) < 4.78 is 330. The van der Waals surface area contributed by atoms with Gasteiger partial charge in [0.05, 0.1) is 6.61 Å². The molecule has 0 heterocycles. The van der Waals surface area contributed by atoms with E-state index in [1.807, 2.05) is 0 Å². The van der Waals surface area contributed by atoms with Crippen LogP contribution in [0.2, 0.25) is 0 Å². The maximum absolute atomic E-state index is 13.7. The Hall–Kier alpha value is -1.32. The van der Waals surface area contributed by atoms with Crippen LogP contribution in [0.4, 0.5) is 110 Å². The smallest absolute Gasteiger partial charge is 0.395 e. The molecule has 0 aromatic carbocycles. The molecule has 0 amide bonds. The quantitative estimate of drug-likeness (QED) is 0.0802. The Kier molecular flexibility index (Phi) is 11.1. The molecule has 0 spiro atoms. The van der Waals surface area contributed by atoms with Crippen LogP contribution < -0.4 is 0 Å². The van der Waals surface area contributed by atoms with Crippen molar-refractivity contribution >= 4 is 22.6 Å². The highest BCUT2D eigenvalue weighted by Crippen LogP contribution is 2.63. The first kappa shape index (κ1) is 42.7. The molecule has 0 radical (unpaired) electrons. The second-order valence-electron chi connectivity index (χ2n) is 8.36. The molecule has 0 aromatic heterocycles. The van der Waals surface area contributed by atoms with Gasteiger partial charge in [0.2, 0.25) is 0 Å². The third kappa shape index (κ3) is 6.08. The predicted octanol–water partition coefficient (Wildman–Crippen LogP) is 9.28. The van der Waals surface area contributed by atoms with Crippen molar-refractivity contribution in [2.24, 2.45) is 0 Å². The van der Waals surface area contributed by atoms with Crippen LogP contribution in [0.3, 0.4) is 0 Å². The monoisotopic (exact) mass is 830 g/mol. The number of alkyl halides is 26. The second-order valence-corrected chi connectivity index (χ2v) is 10.1. The van der Waals surface area contributed by atoms with Crippen LogP contribution in [-0.2, 0) is 0 Å². The molecule has 0 aliphatic carbocycles. The summed E-state index contributed by atoms with van der Waals surface area (Å²) in [5.41, 5.74) is 0. The number of allylic oxidation sites excluding steroid dienone is 2. The summed E-state index contributed by atoms with van der Waals surface area (Å²) in [6, 6.07) is 0. The maximum Gasteiger partial charge on any atom is 0.460 e. The van der Waals surface area contributed by atoms with E-state index in [0.29, 0.717) is 22.6 Å². The molecule has 0 bridgehead atoms. The lowest BCUT2D eigenvalue weighted by molar-refractivity contribution is -0.436. The van der Waals surface area contributed by atoms with Crippen LogP contribution >= 0.6 is 22.6 Å². The average Bonchev–Trinajstić information content (AvgIpc) is 2.80. The fourth-order valence-electron chi connectivity index (χ4n) is 2.50. The van der Waals surface area contributed by atoms with Crippen molar-refractivity contribution in [1.29, 1.82) is 0 Å². The molecule has 1 N–H and O–H groups in total. The lowest BCUT2D eigenvalue weighted by Gasteiger charge is -2.41. The van der Waals surface area contributed by atoms with Gasteiger partial charge in [-0.2, -0.15) is 110 Å². The molecule has 0 fully saturated rings. The van der Waals surface area contributed by atoms with Gasteiger partial charge in [0.1, 0.15) is 0 Å². The molecule has 0 aliphatic rings. The van der Waals surface area contributed by atoms with Gasteiger partial charge in [-0.05, 0) is 12.2 Å². The minimum Gasteiger partial charge on any atom is -0.395 e. The largest absolute Gasteiger partial charge is 0.460 e. The molecule has 27 heteroatoms. The number of rotatable bonds is 14. The third-order valence-corrected chi connectivity index (χ3v) is 6.03. The van der Waals surface area contributed by atoms with Crippen molar-refractivity contribution in [2.75, 3.05) is 6.61 Å². The van der Waals surface area contributed by atoms with E-state index in [9.17, 15) is 110 Å². The first-order chi connectivity index (χ1) is 18.7. The minimum absolute atomic E-state index is 0.589. The van der Waals surface area contributed by atoms with E-state index in [1.165, 1.54) is 0 Å². The van der Waals surface area contributed by atoms with Gasteiger partial charge in [0.15, 0.2) is 0 Å². The number of hydrogen-bond acceptors (Lipinski definition) is 1. The molecule has 1 nitrogen and oxygen atoms in total. The van der Waals surface area contributed by atoms with Gasteiger partial charge in [0.25, 0.3) is 0 Å². The number of aliphatic hydroxyl groups is 1. The van der Waals surface area contributed by atoms with Gasteiger partial charge in [-0.25, -0.2) is 0 Å². The summed E-state index contributed by atoms with van der Waals surface area (Å²) in [6.07, 6.45) is -16.7. The molecule has 0 rings (SSSR count). The highest BCUT2D eigenvalue weighted by molar-refractivity contribution is 14.1. The van der Waals surface area contributed by atoms with Crippen LogP contribution in [0.15, 0.2) is 12.2 Å². The topological polar surface area (TPSA) is 20.2 Å². The molecule has 1 atom stereocenters. The lowest BCUT2D eigenvalue weighted by Crippen LogP contribution is -2.70. The van der Waals surface area contributed by atoms with Crippen LogP contribution in [0.1, 0.15) is 6.42 Å². The molecule has 1 unspecified atom stereocenters. The second kappa shape index (κ2) is 11.4. The normalized spacial score (nSPS) is 17.4. The molecule has 264 valence electrons. The third-order valence-electron chi connectivity index (χ3n) is 5.20. The molecule has 0 saturated heterocycles. The van der Waals surface area contributed by atoms with Crippen molar-refractivity contribution in [1.82, 2.24) is 0 Å². The first-order valence-electron chi connectivity index (χ1n) is 9.84. The Labute approximate surface area is 238 Å². The van der Waals surface area contributed by atoms with Crippen molar-refractivity contribution < 1.29 is 115 Å². The van der Waals surface area contributed by atoms with Crippen LogP contribution in [-0.4, -0.2) is 87.0 Å².